The van der Waals surface area contributed by atoms with E-state index in [1.165, 1.54) is 18.5 Å². The van der Waals surface area contributed by atoms with Gasteiger partial charge in [0.1, 0.15) is 0 Å². The van der Waals surface area contributed by atoms with Gasteiger partial charge in [-0.1, -0.05) is 6.07 Å². The molecule has 1 aromatic heterocycles. The summed E-state index contributed by atoms with van der Waals surface area (Å²) in [6.07, 6.45) is 4.25. The molecule has 0 saturated heterocycles. The van der Waals surface area contributed by atoms with Crippen molar-refractivity contribution >= 4 is 0 Å². The maximum Gasteiger partial charge on any atom is 0.0435 e. The Bertz CT molecular complexity index is 284. The quantitative estimate of drug-likeness (QED) is 0.721. The number of rotatable bonds is 7. The molecular weight excluding hydrogens is 210 g/mol. The fourth-order valence-electron chi connectivity index (χ4n) is 1.89. The van der Waals surface area contributed by atoms with Crippen molar-refractivity contribution in [2.45, 2.75) is 18.8 Å². The molecule has 0 bridgehead atoms. The van der Waals surface area contributed by atoms with Crippen LogP contribution in [0.1, 0.15) is 24.5 Å². The van der Waals surface area contributed by atoms with Crippen molar-refractivity contribution in [2.75, 3.05) is 41.3 Å². The van der Waals surface area contributed by atoms with E-state index in [1.54, 1.807) is 0 Å². The minimum absolute atomic E-state index is 0.570. The zero-order valence-corrected chi connectivity index (χ0v) is 11.6. The molecule has 3 heteroatoms. The largest absolute Gasteiger partial charge is 0.309 e. The summed E-state index contributed by atoms with van der Waals surface area (Å²) in [5.74, 6) is 0.570. The van der Waals surface area contributed by atoms with E-state index in [4.69, 9.17) is 0 Å². The number of nitrogens with zero attached hydrogens (tertiary/aromatic N) is 3. The minimum atomic E-state index is 0.570. The number of hydrogen-bond acceptors (Lipinski definition) is 3. The van der Waals surface area contributed by atoms with Crippen LogP contribution in [0.2, 0.25) is 0 Å². The molecule has 1 aromatic rings. The van der Waals surface area contributed by atoms with E-state index in [1.807, 2.05) is 12.3 Å². The molecule has 0 spiro atoms. The second kappa shape index (κ2) is 7.41. The number of pyridine rings is 1. The predicted molar refractivity (Wildman–Crippen MR) is 73.3 cm³/mol. The zero-order chi connectivity index (χ0) is 12.7. The lowest BCUT2D eigenvalue weighted by molar-refractivity contribution is 0.340. The summed E-state index contributed by atoms with van der Waals surface area (Å²) < 4.78 is 0. The monoisotopic (exact) mass is 235 g/mol. The first-order valence-electron chi connectivity index (χ1n) is 6.30. The molecule has 17 heavy (non-hydrogen) atoms. The first-order valence-corrected chi connectivity index (χ1v) is 6.30. The molecule has 0 unspecified atom stereocenters. The summed E-state index contributed by atoms with van der Waals surface area (Å²) in [7, 11) is 8.51. The molecule has 0 saturated carbocycles. The summed E-state index contributed by atoms with van der Waals surface area (Å²) in [5.41, 5.74) is 1.23. The topological polar surface area (TPSA) is 19.4 Å². The molecule has 96 valence electrons. The van der Waals surface area contributed by atoms with Crippen LogP contribution in [0.15, 0.2) is 24.4 Å². The second-order valence-corrected chi connectivity index (χ2v) is 5.14. The van der Waals surface area contributed by atoms with Gasteiger partial charge in [0.25, 0.3) is 0 Å². The highest BCUT2D eigenvalue weighted by molar-refractivity contribution is 5.09. The predicted octanol–water partition coefficient (Wildman–Crippen LogP) is 2.07. The van der Waals surface area contributed by atoms with Gasteiger partial charge in [-0.25, -0.2) is 0 Å². The van der Waals surface area contributed by atoms with Crippen LogP contribution in [0.4, 0.5) is 0 Å². The van der Waals surface area contributed by atoms with Gasteiger partial charge in [-0.3, -0.25) is 4.98 Å². The Kier molecular flexibility index (Phi) is 6.16. The van der Waals surface area contributed by atoms with Gasteiger partial charge in [0.2, 0.25) is 0 Å². The summed E-state index contributed by atoms with van der Waals surface area (Å²) in [5, 5.41) is 0. The van der Waals surface area contributed by atoms with Gasteiger partial charge in [-0.15, -0.1) is 0 Å². The Morgan fingerprint density at radius 3 is 2.00 bits per heavy atom. The molecular formula is C14H25N3. The number of hydrogen-bond donors (Lipinski definition) is 0. The molecule has 3 nitrogen and oxygen atoms in total. The maximum absolute atomic E-state index is 4.50. The first kappa shape index (κ1) is 14.1. The molecule has 1 heterocycles. The van der Waals surface area contributed by atoms with Crippen molar-refractivity contribution in [2.24, 2.45) is 0 Å². The third-order valence-corrected chi connectivity index (χ3v) is 2.96. The molecule has 0 aromatic carbocycles. The highest BCUT2D eigenvalue weighted by atomic mass is 15.1. The molecule has 0 aliphatic heterocycles. The minimum Gasteiger partial charge on any atom is -0.309 e. The summed E-state index contributed by atoms with van der Waals surface area (Å²) in [6, 6.07) is 6.22. The SMILES string of the molecule is CN(C)CCC(CCN(C)C)c1ccccn1. The highest BCUT2D eigenvalue weighted by Crippen LogP contribution is 2.21. The Morgan fingerprint density at radius 2 is 1.59 bits per heavy atom. The van der Waals surface area contributed by atoms with Crippen molar-refractivity contribution < 1.29 is 0 Å². The molecule has 0 N–H and O–H groups in total. The Hall–Kier alpha value is -0.930. The third kappa shape index (κ3) is 5.80. The average Bonchev–Trinajstić information content (AvgIpc) is 2.29. The van der Waals surface area contributed by atoms with E-state index < -0.39 is 0 Å². The standard InChI is InChI=1S/C14H25N3/c1-16(2)11-8-13(9-12-17(3)4)14-7-5-6-10-15-14/h5-7,10,13H,8-9,11-12H2,1-4H3. The van der Waals surface area contributed by atoms with Crippen LogP contribution in [0, 0.1) is 0 Å². The van der Waals surface area contributed by atoms with Crippen LogP contribution in [-0.4, -0.2) is 56.1 Å². The van der Waals surface area contributed by atoms with Crippen molar-refractivity contribution in [1.29, 1.82) is 0 Å². The fraction of sp³-hybridized carbons (Fsp3) is 0.643. The van der Waals surface area contributed by atoms with Crippen LogP contribution in [-0.2, 0) is 0 Å². The van der Waals surface area contributed by atoms with Crippen molar-refractivity contribution in [3.8, 4) is 0 Å². The molecule has 0 radical (unpaired) electrons. The lowest BCUT2D eigenvalue weighted by atomic mass is 9.96. The van der Waals surface area contributed by atoms with Crippen LogP contribution >= 0.6 is 0 Å². The first-order chi connectivity index (χ1) is 8.09. The average molecular weight is 235 g/mol. The van der Waals surface area contributed by atoms with E-state index >= 15 is 0 Å². The van der Waals surface area contributed by atoms with Gasteiger partial charge in [0.15, 0.2) is 0 Å². The Morgan fingerprint density at radius 1 is 1.00 bits per heavy atom. The van der Waals surface area contributed by atoms with Crippen molar-refractivity contribution in [3.05, 3.63) is 30.1 Å². The van der Waals surface area contributed by atoms with Crippen LogP contribution in [0.5, 0.6) is 0 Å². The summed E-state index contributed by atoms with van der Waals surface area (Å²) >= 11 is 0. The van der Waals surface area contributed by atoms with Crippen molar-refractivity contribution in [3.63, 3.8) is 0 Å². The van der Waals surface area contributed by atoms with E-state index in [0.29, 0.717) is 5.92 Å². The Balaban J connectivity index is 2.58. The molecule has 0 fully saturated rings. The summed E-state index contributed by atoms with van der Waals surface area (Å²) in [6.45, 7) is 2.24. The molecule has 0 atom stereocenters. The van der Waals surface area contributed by atoms with Gasteiger partial charge < -0.3 is 9.80 Å². The van der Waals surface area contributed by atoms with Crippen LogP contribution < -0.4 is 0 Å². The van der Waals surface area contributed by atoms with Gasteiger partial charge in [0, 0.05) is 17.8 Å². The van der Waals surface area contributed by atoms with E-state index in [9.17, 15) is 0 Å². The van der Waals surface area contributed by atoms with E-state index in [-0.39, 0.29) is 0 Å². The number of aromatic nitrogens is 1. The Labute approximate surface area is 105 Å². The fourth-order valence-corrected chi connectivity index (χ4v) is 1.89. The van der Waals surface area contributed by atoms with Gasteiger partial charge in [0.05, 0.1) is 0 Å². The van der Waals surface area contributed by atoms with Gasteiger partial charge >= 0.3 is 0 Å². The van der Waals surface area contributed by atoms with Crippen molar-refractivity contribution in [1.82, 2.24) is 14.8 Å². The second-order valence-electron chi connectivity index (χ2n) is 5.14. The molecule has 0 aliphatic carbocycles. The third-order valence-electron chi connectivity index (χ3n) is 2.96. The molecule has 0 aliphatic rings. The van der Waals surface area contributed by atoms with E-state index in [2.05, 4.69) is 55.1 Å². The normalized spacial score (nSPS) is 11.7. The van der Waals surface area contributed by atoms with E-state index in [0.717, 1.165) is 13.1 Å². The van der Waals surface area contributed by atoms with Crippen LogP contribution in [0.3, 0.4) is 0 Å². The smallest absolute Gasteiger partial charge is 0.0435 e. The van der Waals surface area contributed by atoms with Crippen LogP contribution in [0.25, 0.3) is 0 Å². The lowest BCUT2D eigenvalue weighted by Gasteiger charge is -2.20. The maximum atomic E-state index is 4.50. The molecule has 1 rings (SSSR count). The zero-order valence-electron chi connectivity index (χ0n) is 11.6. The molecule has 0 amide bonds. The lowest BCUT2D eigenvalue weighted by Crippen LogP contribution is -2.20. The van der Waals surface area contributed by atoms with Gasteiger partial charge in [-0.05, 0) is 66.3 Å². The highest BCUT2D eigenvalue weighted by Gasteiger charge is 2.13. The summed E-state index contributed by atoms with van der Waals surface area (Å²) in [4.78, 5) is 8.98. The van der Waals surface area contributed by atoms with Gasteiger partial charge in [-0.2, -0.15) is 0 Å².